The van der Waals surface area contributed by atoms with E-state index in [1.54, 1.807) is 6.07 Å². The van der Waals surface area contributed by atoms with E-state index in [-0.39, 0.29) is 18.6 Å². The van der Waals surface area contributed by atoms with Gasteiger partial charge >= 0.3 is 0 Å². The molecule has 2 unspecified atom stereocenters. The standard InChI is InChI=1S/C12H16N4O/c13-5-9-4-10(14)6-15-12(9)16-11-3-1-2-8(11)7-17/h4,6,8,11,17H,1-3,7,14H2,(H,15,16). The highest BCUT2D eigenvalue weighted by Gasteiger charge is 2.27. The van der Waals surface area contributed by atoms with Crippen LogP contribution in [-0.2, 0) is 0 Å². The van der Waals surface area contributed by atoms with E-state index < -0.39 is 0 Å². The van der Waals surface area contributed by atoms with Gasteiger partial charge in [0.1, 0.15) is 11.9 Å². The topological polar surface area (TPSA) is 95.0 Å². The summed E-state index contributed by atoms with van der Waals surface area (Å²) in [6.07, 6.45) is 4.65. The van der Waals surface area contributed by atoms with Crippen LogP contribution in [0.3, 0.4) is 0 Å². The van der Waals surface area contributed by atoms with Gasteiger partial charge in [0.15, 0.2) is 0 Å². The first kappa shape index (κ1) is 11.7. The normalized spacial score (nSPS) is 23.3. The van der Waals surface area contributed by atoms with E-state index in [4.69, 9.17) is 11.0 Å². The summed E-state index contributed by atoms with van der Waals surface area (Å²) in [4.78, 5) is 4.14. The van der Waals surface area contributed by atoms with Crippen LogP contribution in [0.4, 0.5) is 11.5 Å². The summed E-state index contributed by atoms with van der Waals surface area (Å²) in [6, 6.07) is 3.88. The van der Waals surface area contributed by atoms with Crippen molar-refractivity contribution in [2.45, 2.75) is 25.3 Å². The van der Waals surface area contributed by atoms with Crippen LogP contribution in [-0.4, -0.2) is 22.7 Å². The van der Waals surface area contributed by atoms with Crippen LogP contribution in [0.2, 0.25) is 0 Å². The molecule has 1 saturated carbocycles. The molecule has 0 saturated heterocycles. The van der Waals surface area contributed by atoms with Gasteiger partial charge in [-0.05, 0) is 18.9 Å². The van der Waals surface area contributed by atoms with Gasteiger partial charge in [-0.1, -0.05) is 6.42 Å². The van der Waals surface area contributed by atoms with Crippen molar-refractivity contribution in [3.8, 4) is 6.07 Å². The number of nitrogens with two attached hydrogens (primary N) is 1. The average Bonchev–Trinajstić information content (AvgIpc) is 2.78. The Morgan fingerprint density at radius 2 is 2.41 bits per heavy atom. The molecular weight excluding hydrogens is 216 g/mol. The van der Waals surface area contributed by atoms with Crippen molar-refractivity contribution in [1.29, 1.82) is 5.26 Å². The lowest BCUT2D eigenvalue weighted by atomic mass is 10.0. The molecular formula is C12H16N4O. The van der Waals surface area contributed by atoms with Crippen molar-refractivity contribution in [2.75, 3.05) is 17.7 Å². The first-order valence-corrected chi connectivity index (χ1v) is 5.77. The van der Waals surface area contributed by atoms with Crippen molar-refractivity contribution in [1.82, 2.24) is 4.98 Å². The van der Waals surface area contributed by atoms with Gasteiger partial charge in [-0.2, -0.15) is 5.26 Å². The maximum absolute atomic E-state index is 9.24. The molecule has 1 heterocycles. The molecule has 0 bridgehead atoms. The molecule has 0 amide bonds. The van der Waals surface area contributed by atoms with E-state index in [1.807, 2.05) is 0 Å². The predicted molar refractivity (Wildman–Crippen MR) is 65.2 cm³/mol. The Labute approximate surface area is 100 Å². The van der Waals surface area contributed by atoms with Crippen LogP contribution in [0.25, 0.3) is 0 Å². The van der Waals surface area contributed by atoms with Gasteiger partial charge in [0, 0.05) is 18.6 Å². The quantitative estimate of drug-likeness (QED) is 0.725. The summed E-state index contributed by atoms with van der Waals surface area (Å²) in [7, 11) is 0. The highest BCUT2D eigenvalue weighted by Crippen LogP contribution is 2.28. The Balaban J connectivity index is 2.16. The molecule has 4 N–H and O–H groups in total. The van der Waals surface area contributed by atoms with Crippen molar-refractivity contribution in [3.05, 3.63) is 17.8 Å². The third-order valence-electron chi connectivity index (χ3n) is 3.24. The minimum absolute atomic E-state index is 0.175. The lowest BCUT2D eigenvalue weighted by Crippen LogP contribution is -2.27. The fourth-order valence-corrected chi connectivity index (χ4v) is 2.30. The van der Waals surface area contributed by atoms with E-state index in [0.29, 0.717) is 17.1 Å². The lowest BCUT2D eigenvalue weighted by molar-refractivity contribution is 0.222. The Hall–Kier alpha value is -1.80. The van der Waals surface area contributed by atoms with Gasteiger partial charge < -0.3 is 16.2 Å². The SMILES string of the molecule is N#Cc1cc(N)cnc1NC1CCCC1CO. The minimum Gasteiger partial charge on any atom is -0.397 e. The van der Waals surface area contributed by atoms with Crippen molar-refractivity contribution in [2.24, 2.45) is 5.92 Å². The van der Waals surface area contributed by atoms with Gasteiger partial charge in [-0.3, -0.25) is 0 Å². The molecule has 0 aromatic carbocycles. The molecule has 0 spiro atoms. The number of hydrogen-bond acceptors (Lipinski definition) is 5. The molecule has 5 nitrogen and oxygen atoms in total. The second kappa shape index (κ2) is 5.02. The van der Waals surface area contributed by atoms with Crippen LogP contribution in [0, 0.1) is 17.2 Å². The van der Waals surface area contributed by atoms with Crippen LogP contribution < -0.4 is 11.1 Å². The smallest absolute Gasteiger partial charge is 0.144 e. The second-order valence-corrected chi connectivity index (χ2v) is 4.40. The third-order valence-corrected chi connectivity index (χ3v) is 3.24. The van der Waals surface area contributed by atoms with Crippen molar-refractivity contribution in [3.63, 3.8) is 0 Å². The summed E-state index contributed by atoms with van der Waals surface area (Å²) >= 11 is 0. The molecule has 2 rings (SSSR count). The first-order chi connectivity index (χ1) is 8.24. The molecule has 0 radical (unpaired) electrons. The van der Waals surface area contributed by atoms with E-state index in [0.717, 1.165) is 19.3 Å². The van der Waals surface area contributed by atoms with E-state index in [1.165, 1.54) is 6.20 Å². The van der Waals surface area contributed by atoms with Gasteiger partial charge in [0.25, 0.3) is 0 Å². The van der Waals surface area contributed by atoms with Crippen LogP contribution in [0.15, 0.2) is 12.3 Å². The molecule has 90 valence electrons. The average molecular weight is 232 g/mol. The molecule has 1 aliphatic rings. The monoisotopic (exact) mass is 232 g/mol. The number of nitrogens with one attached hydrogen (secondary N) is 1. The zero-order chi connectivity index (χ0) is 12.3. The van der Waals surface area contributed by atoms with Crippen LogP contribution >= 0.6 is 0 Å². The molecule has 1 aromatic heterocycles. The molecule has 17 heavy (non-hydrogen) atoms. The number of aliphatic hydroxyl groups is 1. The number of anilines is 2. The third kappa shape index (κ3) is 2.48. The number of aliphatic hydroxyl groups excluding tert-OH is 1. The molecule has 1 aliphatic carbocycles. The number of pyridine rings is 1. The summed E-state index contributed by atoms with van der Waals surface area (Å²) in [5.74, 6) is 0.813. The number of aromatic nitrogens is 1. The number of rotatable bonds is 3. The first-order valence-electron chi connectivity index (χ1n) is 5.77. The Morgan fingerprint density at radius 1 is 1.59 bits per heavy atom. The maximum Gasteiger partial charge on any atom is 0.144 e. The molecule has 1 fully saturated rings. The zero-order valence-corrected chi connectivity index (χ0v) is 9.56. The van der Waals surface area contributed by atoms with Crippen molar-refractivity contribution < 1.29 is 5.11 Å². The number of nitrogens with zero attached hydrogens (tertiary/aromatic N) is 2. The minimum atomic E-state index is 0.175. The Bertz CT molecular complexity index is 441. The van der Waals surface area contributed by atoms with E-state index >= 15 is 0 Å². The number of nitriles is 1. The fraction of sp³-hybridized carbons (Fsp3) is 0.500. The van der Waals surface area contributed by atoms with E-state index in [9.17, 15) is 5.11 Å². The highest BCUT2D eigenvalue weighted by molar-refractivity contribution is 5.57. The predicted octanol–water partition coefficient (Wildman–Crippen LogP) is 1.11. The van der Waals surface area contributed by atoms with E-state index in [2.05, 4.69) is 16.4 Å². The van der Waals surface area contributed by atoms with Gasteiger partial charge in [0.2, 0.25) is 0 Å². The molecule has 1 aromatic rings. The summed E-state index contributed by atoms with van der Waals surface area (Å²) in [5.41, 5.74) is 6.52. The van der Waals surface area contributed by atoms with Crippen LogP contribution in [0.5, 0.6) is 0 Å². The number of nitrogen functional groups attached to an aromatic ring is 1. The summed E-state index contributed by atoms with van der Waals surface area (Å²) in [5, 5.41) is 21.5. The fourth-order valence-electron chi connectivity index (χ4n) is 2.30. The van der Waals surface area contributed by atoms with Gasteiger partial charge in [0.05, 0.1) is 17.4 Å². The van der Waals surface area contributed by atoms with Crippen molar-refractivity contribution >= 4 is 11.5 Å². The molecule has 0 aliphatic heterocycles. The second-order valence-electron chi connectivity index (χ2n) is 4.40. The largest absolute Gasteiger partial charge is 0.397 e. The Morgan fingerprint density at radius 3 is 3.12 bits per heavy atom. The van der Waals surface area contributed by atoms with Gasteiger partial charge in [-0.15, -0.1) is 0 Å². The highest BCUT2D eigenvalue weighted by atomic mass is 16.3. The molecule has 5 heteroatoms. The van der Waals surface area contributed by atoms with Crippen LogP contribution in [0.1, 0.15) is 24.8 Å². The zero-order valence-electron chi connectivity index (χ0n) is 9.56. The molecule has 2 atom stereocenters. The maximum atomic E-state index is 9.24. The summed E-state index contributed by atoms with van der Waals surface area (Å²) < 4.78 is 0. The van der Waals surface area contributed by atoms with Gasteiger partial charge in [-0.25, -0.2) is 4.98 Å². The number of hydrogen-bond donors (Lipinski definition) is 3. The lowest BCUT2D eigenvalue weighted by Gasteiger charge is -2.20. The Kier molecular flexibility index (Phi) is 3.45. The summed E-state index contributed by atoms with van der Waals surface area (Å²) in [6.45, 7) is 0.175.